The summed E-state index contributed by atoms with van der Waals surface area (Å²) >= 11 is 0. The van der Waals surface area contributed by atoms with Crippen molar-refractivity contribution in [2.24, 2.45) is 0 Å². The minimum atomic E-state index is -1.21. The van der Waals surface area contributed by atoms with Crippen LogP contribution in [-0.4, -0.2) is 11.9 Å². The number of carbonyl (C=O) groups excluding carboxylic acids is 1. The molecule has 1 aliphatic heterocycles. The Morgan fingerprint density at radius 2 is 1.88 bits per heavy atom. The molecule has 1 saturated heterocycles. The summed E-state index contributed by atoms with van der Waals surface area (Å²) < 4.78 is 39.5. The van der Waals surface area contributed by atoms with Gasteiger partial charge >= 0.3 is 0 Å². The molecule has 5 heteroatoms. The third-order valence-corrected chi connectivity index (χ3v) is 3.12. The van der Waals surface area contributed by atoms with Crippen LogP contribution in [-0.2, 0) is 4.79 Å². The summed E-state index contributed by atoms with van der Waals surface area (Å²) in [5, 5.41) is 2.69. The zero-order chi connectivity index (χ0) is 12.6. The zero-order valence-electron chi connectivity index (χ0n) is 9.27. The van der Waals surface area contributed by atoms with E-state index in [1.165, 1.54) is 0 Å². The molecule has 1 aromatic rings. The van der Waals surface area contributed by atoms with Crippen LogP contribution in [0.1, 0.15) is 31.2 Å². The number of carbonyl (C=O) groups is 1. The summed E-state index contributed by atoms with van der Waals surface area (Å²) in [7, 11) is 0. The maximum Gasteiger partial charge on any atom is 0.220 e. The molecule has 2 rings (SSSR count). The van der Waals surface area contributed by atoms with Crippen molar-refractivity contribution in [3.05, 3.63) is 35.1 Å². The fraction of sp³-hybridized carbons (Fsp3) is 0.417. The Morgan fingerprint density at radius 1 is 1.24 bits per heavy atom. The number of amides is 1. The van der Waals surface area contributed by atoms with Crippen LogP contribution in [0.4, 0.5) is 13.2 Å². The van der Waals surface area contributed by atoms with Crippen molar-refractivity contribution in [3.63, 3.8) is 0 Å². The van der Waals surface area contributed by atoms with Crippen molar-refractivity contribution in [1.29, 1.82) is 0 Å². The van der Waals surface area contributed by atoms with E-state index >= 15 is 0 Å². The fourth-order valence-corrected chi connectivity index (χ4v) is 2.24. The maximum atomic E-state index is 13.6. The second-order valence-corrected chi connectivity index (χ2v) is 4.18. The molecule has 2 atom stereocenters. The topological polar surface area (TPSA) is 29.1 Å². The number of halogens is 3. The molecule has 17 heavy (non-hydrogen) atoms. The average Bonchev–Trinajstić information content (AvgIpc) is 2.64. The Labute approximate surface area is 96.8 Å². The summed E-state index contributed by atoms with van der Waals surface area (Å²) in [6.07, 6.45) is 0.731. The number of rotatable bonds is 2. The zero-order valence-corrected chi connectivity index (χ0v) is 9.27. The summed E-state index contributed by atoms with van der Waals surface area (Å²) in [5.41, 5.74) is 0.0640. The molecular weight excluding hydrogens is 231 g/mol. The molecule has 1 aliphatic rings. The third-order valence-electron chi connectivity index (χ3n) is 3.12. The van der Waals surface area contributed by atoms with Crippen LogP contribution in [0.25, 0.3) is 0 Å². The largest absolute Gasteiger partial charge is 0.353 e. The second kappa shape index (κ2) is 4.39. The van der Waals surface area contributed by atoms with E-state index in [9.17, 15) is 18.0 Å². The fourth-order valence-electron chi connectivity index (χ4n) is 2.24. The van der Waals surface area contributed by atoms with Gasteiger partial charge in [-0.2, -0.15) is 0 Å². The first kappa shape index (κ1) is 12.0. The van der Waals surface area contributed by atoms with E-state index in [0.29, 0.717) is 12.5 Å². The van der Waals surface area contributed by atoms with Crippen LogP contribution in [0.5, 0.6) is 0 Å². The van der Waals surface area contributed by atoms with Crippen molar-refractivity contribution in [2.45, 2.75) is 31.7 Å². The van der Waals surface area contributed by atoms with Gasteiger partial charge in [-0.05, 0) is 18.1 Å². The molecule has 0 aromatic heterocycles. The lowest BCUT2D eigenvalue weighted by Gasteiger charge is -2.18. The highest BCUT2D eigenvalue weighted by molar-refractivity contribution is 5.80. The molecule has 1 aromatic carbocycles. The molecule has 2 unspecified atom stereocenters. The van der Waals surface area contributed by atoms with Crippen LogP contribution in [0.15, 0.2) is 12.1 Å². The molecule has 1 fully saturated rings. The lowest BCUT2D eigenvalue weighted by atomic mass is 9.90. The molecule has 0 aliphatic carbocycles. The van der Waals surface area contributed by atoms with Gasteiger partial charge in [0.05, 0.1) is 0 Å². The highest BCUT2D eigenvalue weighted by Crippen LogP contribution is 2.32. The summed E-state index contributed by atoms with van der Waals surface area (Å²) in [5.74, 6) is -3.72. The summed E-state index contributed by atoms with van der Waals surface area (Å²) in [6, 6.07) is 1.15. The van der Waals surface area contributed by atoms with Crippen molar-refractivity contribution in [2.75, 3.05) is 0 Å². The molecule has 0 spiro atoms. The van der Waals surface area contributed by atoms with Crippen molar-refractivity contribution in [1.82, 2.24) is 5.32 Å². The van der Waals surface area contributed by atoms with E-state index in [-0.39, 0.29) is 23.9 Å². The lowest BCUT2D eigenvalue weighted by Crippen LogP contribution is -2.27. The smallest absolute Gasteiger partial charge is 0.220 e. The molecule has 0 radical (unpaired) electrons. The van der Waals surface area contributed by atoms with E-state index in [2.05, 4.69) is 5.32 Å². The predicted molar refractivity (Wildman–Crippen MR) is 55.9 cm³/mol. The molecule has 1 amide bonds. The van der Waals surface area contributed by atoms with Gasteiger partial charge < -0.3 is 5.32 Å². The van der Waals surface area contributed by atoms with Gasteiger partial charge in [0.15, 0.2) is 11.6 Å². The highest BCUT2D eigenvalue weighted by Gasteiger charge is 2.34. The number of hydrogen-bond donors (Lipinski definition) is 1. The minimum absolute atomic E-state index is 0.0640. The summed E-state index contributed by atoms with van der Waals surface area (Å²) in [6.45, 7) is 1.85. The Morgan fingerprint density at radius 3 is 2.53 bits per heavy atom. The van der Waals surface area contributed by atoms with E-state index in [0.717, 1.165) is 6.07 Å². The van der Waals surface area contributed by atoms with Crippen molar-refractivity contribution in [3.8, 4) is 0 Å². The van der Waals surface area contributed by atoms with E-state index in [4.69, 9.17) is 0 Å². The van der Waals surface area contributed by atoms with Gasteiger partial charge in [-0.1, -0.05) is 6.92 Å². The first-order chi connectivity index (χ1) is 8.02. The lowest BCUT2D eigenvalue weighted by molar-refractivity contribution is -0.119. The molecule has 0 bridgehead atoms. The van der Waals surface area contributed by atoms with Gasteiger partial charge in [0.1, 0.15) is 5.82 Å². The first-order valence-corrected chi connectivity index (χ1v) is 5.46. The quantitative estimate of drug-likeness (QED) is 0.794. The standard InChI is InChI=1S/C12H12F3NO/c1-2-11-7(4-12(17)16-11)6-3-9(14)10(15)5-8(6)13/h3,5,7,11H,2,4H2,1H3,(H,16,17). The van der Waals surface area contributed by atoms with Gasteiger partial charge in [0.2, 0.25) is 5.91 Å². The van der Waals surface area contributed by atoms with Crippen LogP contribution in [0.2, 0.25) is 0 Å². The monoisotopic (exact) mass is 243 g/mol. The molecule has 0 saturated carbocycles. The average molecular weight is 243 g/mol. The molecule has 1 N–H and O–H groups in total. The Kier molecular flexibility index (Phi) is 3.09. The Balaban J connectivity index is 2.39. The Bertz CT molecular complexity index is 461. The van der Waals surface area contributed by atoms with Crippen LogP contribution in [0, 0.1) is 17.5 Å². The number of nitrogens with one attached hydrogen (secondary N) is 1. The molecule has 2 nitrogen and oxygen atoms in total. The third kappa shape index (κ3) is 2.14. The van der Waals surface area contributed by atoms with Gasteiger partial charge in [0, 0.05) is 24.4 Å². The van der Waals surface area contributed by atoms with Crippen LogP contribution < -0.4 is 5.32 Å². The molecule has 1 heterocycles. The minimum Gasteiger partial charge on any atom is -0.353 e. The predicted octanol–water partition coefficient (Wildman–Crippen LogP) is 2.49. The van der Waals surface area contributed by atoms with Gasteiger partial charge in [-0.25, -0.2) is 13.2 Å². The Hall–Kier alpha value is -1.52. The summed E-state index contributed by atoms with van der Waals surface area (Å²) in [4.78, 5) is 11.3. The molecular formula is C12H12F3NO. The van der Waals surface area contributed by atoms with Crippen LogP contribution >= 0.6 is 0 Å². The van der Waals surface area contributed by atoms with Crippen molar-refractivity contribution < 1.29 is 18.0 Å². The van der Waals surface area contributed by atoms with Gasteiger partial charge in [-0.15, -0.1) is 0 Å². The maximum absolute atomic E-state index is 13.6. The van der Waals surface area contributed by atoms with E-state index < -0.39 is 23.4 Å². The normalized spacial score (nSPS) is 23.9. The molecule has 92 valence electrons. The van der Waals surface area contributed by atoms with Crippen LogP contribution in [0.3, 0.4) is 0 Å². The second-order valence-electron chi connectivity index (χ2n) is 4.18. The SMILES string of the molecule is CCC1NC(=O)CC1c1cc(F)c(F)cc1F. The first-order valence-electron chi connectivity index (χ1n) is 5.46. The van der Waals surface area contributed by atoms with Gasteiger partial charge in [0.25, 0.3) is 0 Å². The van der Waals surface area contributed by atoms with Gasteiger partial charge in [-0.3, -0.25) is 4.79 Å². The van der Waals surface area contributed by atoms with Crippen molar-refractivity contribution >= 4 is 5.91 Å². The van der Waals surface area contributed by atoms with E-state index in [1.54, 1.807) is 0 Å². The number of hydrogen-bond acceptors (Lipinski definition) is 1. The highest BCUT2D eigenvalue weighted by atomic mass is 19.2. The number of benzene rings is 1. The van der Waals surface area contributed by atoms with E-state index in [1.807, 2.05) is 6.92 Å².